The Morgan fingerprint density at radius 1 is 1.13 bits per heavy atom. The molecule has 0 amide bonds. The van der Waals surface area contributed by atoms with Gasteiger partial charge in [0.05, 0.1) is 6.42 Å². The Morgan fingerprint density at radius 2 is 1.80 bits per heavy atom. The molecule has 0 aromatic carbocycles. The number of carbonyl (C=O) groups is 1. The van der Waals surface area contributed by atoms with E-state index in [-0.39, 0.29) is 12.3 Å². The normalized spacial score (nSPS) is 22.8. The van der Waals surface area contributed by atoms with Crippen LogP contribution in [0.1, 0.15) is 6.42 Å². The molecule has 0 saturated carbocycles. The average molecular weight is 200 g/mol. The van der Waals surface area contributed by atoms with Gasteiger partial charge in [0.15, 0.2) is 0 Å². The summed E-state index contributed by atoms with van der Waals surface area (Å²) in [6, 6.07) is 0. The highest BCUT2D eigenvalue weighted by Crippen LogP contribution is 2.27. The topological polar surface area (TPSA) is 37.3 Å². The third-order valence-electron chi connectivity index (χ3n) is 2.50. The maximum atomic E-state index is 10.7. The number of fused-ring (bicyclic) bond motifs is 1. The molecule has 0 spiro atoms. The van der Waals surface area contributed by atoms with E-state index < -0.39 is 5.97 Å². The number of carboxylic acid groups (broad SMARTS) is 1. The molecule has 0 aromatic rings. The largest absolute Gasteiger partial charge is 0.481 e. The molecule has 1 unspecified atom stereocenters. The van der Waals surface area contributed by atoms with Crippen LogP contribution < -0.4 is 0 Å². The summed E-state index contributed by atoms with van der Waals surface area (Å²) in [6.45, 7) is 0. The van der Waals surface area contributed by atoms with Gasteiger partial charge in [-0.3, -0.25) is 4.79 Å². The van der Waals surface area contributed by atoms with Gasteiger partial charge >= 0.3 is 5.97 Å². The molecule has 2 aliphatic carbocycles. The van der Waals surface area contributed by atoms with Crippen LogP contribution in [0.25, 0.3) is 0 Å². The van der Waals surface area contributed by atoms with Gasteiger partial charge in [-0.1, -0.05) is 48.6 Å². The third-order valence-corrected chi connectivity index (χ3v) is 2.50. The lowest BCUT2D eigenvalue weighted by Gasteiger charge is -2.15. The van der Waals surface area contributed by atoms with Crippen molar-refractivity contribution in [3.63, 3.8) is 0 Å². The van der Waals surface area contributed by atoms with Crippen molar-refractivity contribution in [2.75, 3.05) is 0 Å². The number of allylic oxidation sites excluding steroid dienone is 9. The molecule has 1 atom stereocenters. The van der Waals surface area contributed by atoms with Crippen LogP contribution in [0.2, 0.25) is 0 Å². The zero-order valence-electron chi connectivity index (χ0n) is 8.26. The van der Waals surface area contributed by atoms with Crippen molar-refractivity contribution >= 4 is 5.97 Å². The molecule has 2 rings (SSSR count). The van der Waals surface area contributed by atoms with Gasteiger partial charge in [-0.2, -0.15) is 0 Å². The second kappa shape index (κ2) is 4.13. The molecule has 2 heteroatoms. The summed E-state index contributed by atoms with van der Waals surface area (Å²) in [5, 5.41) is 8.82. The minimum absolute atomic E-state index is 0.0855. The lowest BCUT2D eigenvalue weighted by molar-refractivity contribution is -0.136. The van der Waals surface area contributed by atoms with Crippen LogP contribution in [-0.2, 0) is 4.79 Å². The molecule has 2 nitrogen and oxygen atoms in total. The van der Waals surface area contributed by atoms with Crippen molar-refractivity contribution < 1.29 is 9.90 Å². The Bertz CT molecular complexity index is 420. The van der Waals surface area contributed by atoms with E-state index in [0.717, 1.165) is 11.1 Å². The van der Waals surface area contributed by atoms with Crippen molar-refractivity contribution in [2.24, 2.45) is 5.92 Å². The molecule has 0 bridgehead atoms. The number of carboxylic acids is 1. The van der Waals surface area contributed by atoms with E-state index in [1.807, 2.05) is 36.5 Å². The summed E-state index contributed by atoms with van der Waals surface area (Å²) < 4.78 is 0. The standard InChI is InChI=1S/C13H12O2/c14-13(15)9-11-7-2-1-5-10-6-3-4-8-12(10)11/h1-8,10H,9H2,(H,14,15). The van der Waals surface area contributed by atoms with Crippen molar-refractivity contribution in [1.29, 1.82) is 0 Å². The maximum Gasteiger partial charge on any atom is 0.307 e. The first-order chi connectivity index (χ1) is 7.27. The van der Waals surface area contributed by atoms with Gasteiger partial charge in [0, 0.05) is 5.92 Å². The molecule has 0 radical (unpaired) electrons. The Balaban J connectivity index is 2.39. The predicted octanol–water partition coefficient (Wildman–Crippen LogP) is 2.63. The second-order valence-corrected chi connectivity index (χ2v) is 3.56. The quantitative estimate of drug-likeness (QED) is 0.744. The number of rotatable bonds is 2. The molecule has 0 aromatic heterocycles. The summed E-state index contributed by atoms with van der Waals surface area (Å²) >= 11 is 0. The first-order valence-electron chi connectivity index (χ1n) is 4.92. The third kappa shape index (κ3) is 2.15. The monoisotopic (exact) mass is 200 g/mol. The van der Waals surface area contributed by atoms with Crippen molar-refractivity contribution in [1.82, 2.24) is 0 Å². The fourth-order valence-corrected chi connectivity index (χ4v) is 1.82. The van der Waals surface area contributed by atoms with Gasteiger partial charge in [-0.05, 0) is 11.1 Å². The lowest BCUT2D eigenvalue weighted by Crippen LogP contribution is -2.04. The van der Waals surface area contributed by atoms with E-state index in [4.69, 9.17) is 5.11 Å². The SMILES string of the molecule is O=C(O)CC1=C2C=CC=CC2C=CC=C1. The van der Waals surface area contributed by atoms with E-state index >= 15 is 0 Å². The van der Waals surface area contributed by atoms with Crippen molar-refractivity contribution in [3.8, 4) is 0 Å². The molecule has 0 aliphatic heterocycles. The van der Waals surface area contributed by atoms with Gasteiger partial charge < -0.3 is 5.11 Å². The number of hydrogen-bond acceptors (Lipinski definition) is 1. The first kappa shape index (κ1) is 9.71. The zero-order chi connectivity index (χ0) is 10.7. The van der Waals surface area contributed by atoms with E-state index in [0.29, 0.717) is 0 Å². The molecular formula is C13H12O2. The van der Waals surface area contributed by atoms with Crippen molar-refractivity contribution in [2.45, 2.75) is 6.42 Å². The summed E-state index contributed by atoms with van der Waals surface area (Å²) in [5.74, 6) is -0.565. The Hall–Kier alpha value is -1.83. The first-order valence-corrected chi connectivity index (χ1v) is 4.92. The zero-order valence-corrected chi connectivity index (χ0v) is 8.26. The molecule has 0 fully saturated rings. The Labute approximate surface area is 88.6 Å². The molecule has 76 valence electrons. The second-order valence-electron chi connectivity index (χ2n) is 3.56. The summed E-state index contributed by atoms with van der Waals surface area (Å²) in [4.78, 5) is 10.7. The van der Waals surface area contributed by atoms with Gasteiger partial charge in [-0.25, -0.2) is 0 Å². The molecule has 0 heterocycles. The average Bonchev–Trinajstić information content (AvgIpc) is 2.41. The number of aliphatic carboxylic acids is 1. The summed E-state index contributed by atoms with van der Waals surface area (Å²) in [5.41, 5.74) is 1.98. The molecule has 2 aliphatic rings. The van der Waals surface area contributed by atoms with E-state index in [1.165, 1.54) is 0 Å². The predicted molar refractivity (Wildman–Crippen MR) is 59.3 cm³/mol. The summed E-state index contributed by atoms with van der Waals surface area (Å²) in [7, 11) is 0. The van der Waals surface area contributed by atoms with Gasteiger partial charge in [0.25, 0.3) is 0 Å². The minimum atomic E-state index is -0.786. The van der Waals surface area contributed by atoms with E-state index in [1.54, 1.807) is 0 Å². The fourth-order valence-electron chi connectivity index (χ4n) is 1.82. The molecule has 1 N–H and O–H groups in total. The van der Waals surface area contributed by atoms with Crippen LogP contribution in [0.4, 0.5) is 0 Å². The molecule has 0 saturated heterocycles. The molecule has 15 heavy (non-hydrogen) atoms. The highest BCUT2D eigenvalue weighted by molar-refractivity contribution is 5.72. The highest BCUT2D eigenvalue weighted by atomic mass is 16.4. The Morgan fingerprint density at radius 3 is 2.47 bits per heavy atom. The van der Waals surface area contributed by atoms with Crippen LogP contribution in [0.5, 0.6) is 0 Å². The van der Waals surface area contributed by atoms with Crippen LogP contribution in [-0.4, -0.2) is 11.1 Å². The Kier molecular flexibility index (Phi) is 2.68. The smallest absolute Gasteiger partial charge is 0.307 e. The van der Waals surface area contributed by atoms with E-state index in [2.05, 4.69) is 12.2 Å². The van der Waals surface area contributed by atoms with Crippen LogP contribution in [0.3, 0.4) is 0 Å². The fraction of sp³-hybridized carbons (Fsp3) is 0.154. The maximum absolute atomic E-state index is 10.7. The lowest BCUT2D eigenvalue weighted by atomic mass is 9.90. The van der Waals surface area contributed by atoms with E-state index in [9.17, 15) is 4.79 Å². The van der Waals surface area contributed by atoms with Gasteiger partial charge in [-0.15, -0.1) is 0 Å². The van der Waals surface area contributed by atoms with Crippen LogP contribution in [0.15, 0.2) is 59.8 Å². The van der Waals surface area contributed by atoms with Crippen LogP contribution in [0, 0.1) is 5.92 Å². The van der Waals surface area contributed by atoms with Gasteiger partial charge in [0.2, 0.25) is 0 Å². The number of hydrogen-bond donors (Lipinski definition) is 1. The highest BCUT2D eigenvalue weighted by Gasteiger charge is 2.15. The van der Waals surface area contributed by atoms with Crippen LogP contribution >= 0.6 is 0 Å². The van der Waals surface area contributed by atoms with Gasteiger partial charge in [0.1, 0.15) is 0 Å². The minimum Gasteiger partial charge on any atom is -0.481 e. The molecular weight excluding hydrogens is 188 g/mol. The summed E-state index contributed by atoms with van der Waals surface area (Å²) in [6.07, 6.45) is 15.9. The van der Waals surface area contributed by atoms with Crippen molar-refractivity contribution in [3.05, 3.63) is 59.8 Å².